The van der Waals surface area contributed by atoms with Gasteiger partial charge in [0.15, 0.2) is 0 Å². The van der Waals surface area contributed by atoms with E-state index in [9.17, 15) is 4.79 Å². The van der Waals surface area contributed by atoms with E-state index >= 15 is 0 Å². The van der Waals surface area contributed by atoms with E-state index in [0.29, 0.717) is 6.42 Å². The van der Waals surface area contributed by atoms with Crippen molar-refractivity contribution in [2.24, 2.45) is 5.10 Å². The van der Waals surface area contributed by atoms with Gasteiger partial charge in [0.2, 0.25) is 5.91 Å². The minimum atomic E-state index is 0.0125. The summed E-state index contributed by atoms with van der Waals surface area (Å²) < 4.78 is 1.07. The van der Waals surface area contributed by atoms with Crippen molar-refractivity contribution in [2.75, 3.05) is 0 Å². The molecule has 1 aromatic heterocycles. The number of thiophene rings is 1. The van der Waals surface area contributed by atoms with E-state index in [1.165, 1.54) is 32.1 Å². The molecule has 1 aromatic rings. The Morgan fingerprint density at radius 1 is 1.19 bits per heavy atom. The largest absolute Gasteiger partial charge is 0.273 e. The van der Waals surface area contributed by atoms with Crippen LogP contribution in [0.5, 0.6) is 0 Å². The molecule has 0 aromatic carbocycles. The average Bonchev–Trinajstić information content (AvgIpc) is 2.90. The zero-order valence-electron chi connectivity index (χ0n) is 13.0. The number of hydrazone groups is 1. The Hall–Kier alpha value is -0.680. The lowest BCUT2D eigenvalue weighted by atomic mass is 10.1. The predicted molar refractivity (Wildman–Crippen MR) is 95.0 cm³/mol. The quantitative estimate of drug-likeness (QED) is 0.329. The van der Waals surface area contributed by atoms with Gasteiger partial charge in [0, 0.05) is 6.42 Å². The van der Waals surface area contributed by atoms with Gasteiger partial charge in [-0.2, -0.15) is 5.10 Å². The molecule has 0 radical (unpaired) electrons. The van der Waals surface area contributed by atoms with E-state index in [4.69, 9.17) is 0 Å². The van der Waals surface area contributed by atoms with Crippen LogP contribution in [0, 0.1) is 0 Å². The van der Waals surface area contributed by atoms with Crippen molar-refractivity contribution >= 4 is 38.9 Å². The zero-order chi connectivity index (χ0) is 15.5. The predicted octanol–water partition coefficient (Wildman–Crippen LogP) is 5.49. The van der Waals surface area contributed by atoms with E-state index in [2.05, 4.69) is 33.4 Å². The maximum Gasteiger partial charge on any atom is 0.240 e. The highest BCUT2D eigenvalue weighted by Gasteiger charge is 2.03. The van der Waals surface area contributed by atoms with Crippen molar-refractivity contribution in [3.63, 3.8) is 0 Å². The number of unbranched alkanes of at least 4 members (excludes halogenated alkanes) is 6. The highest BCUT2D eigenvalue weighted by Crippen LogP contribution is 2.22. The Labute approximate surface area is 140 Å². The van der Waals surface area contributed by atoms with Gasteiger partial charge in [0.25, 0.3) is 0 Å². The number of halogens is 1. The molecule has 0 aliphatic heterocycles. The first-order valence-corrected chi connectivity index (χ1v) is 9.33. The summed E-state index contributed by atoms with van der Waals surface area (Å²) in [7, 11) is 0. The van der Waals surface area contributed by atoms with E-state index in [1.807, 2.05) is 19.1 Å². The van der Waals surface area contributed by atoms with Gasteiger partial charge in [0.05, 0.1) is 14.4 Å². The molecule has 1 N–H and O–H groups in total. The first kappa shape index (κ1) is 18.4. The Morgan fingerprint density at radius 3 is 2.48 bits per heavy atom. The smallest absolute Gasteiger partial charge is 0.240 e. The van der Waals surface area contributed by atoms with Gasteiger partial charge < -0.3 is 0 Å². The molecular weight excluding hydrogens is 348 g/mol. The van der Waals surface area contributed by atoms with Crippen LogP contribution in [0.1, 0.15) is 70.1 Å². The van der Waals surface area contributed by atoms with Crippen molar-refractivity contribution < 1.29 is 4.79 Å². The molecule has 0 aliphatic carbocycles. The second kappa shape index (κ2) is 11.0. The number of hydrogen-bond acceptors (Lipinski definition) is 3. The molecule has 1 heterocycles. The lowest BCUT2D eigenvalue weighted by molar-refractivity contribution is -0.121. The summed E-state index contributed by atoms with van der Waals surface area (Å²) in [5, 5.41) is 4.15. The molecule has 21 heavy (non-hydrogen) atoms. The van der Waals surface area contributed by atoms with Gasteiger partial charge >= 0.3 is 0 Å². The second-order valence-electron chi connectivity index (χ2n) is 5.21. The molecule has 0 fully saturated rings. The summed E-state index contributed by atoms with van der Waals surface area (Å²) in [5.74, 6) is 0.0125. The number of rotatable bonds is 10. The van der Waals surface area contributed by atoms with Crippen LogP contribution < -0.4 is 5.43 Å². The maximum absolute atomic E-state index is 11.7. The van der Waals surface area contributed by atoms with Crippen LogP contribution in [0.15, 0.2) is 21.0 Å². The Morgan fingerprint density at radius 2 is 1.86 bits per heavy atom. The molecule has 1 rings (SSSR count). The van der Waals surface area contributed by atoms with Crippen molar-refractivity contribution in [3.8, 4) is 0 Å². The molecule has 0 saturated carbocycles. The van der Waals surface area contributed by atoms with Gasteiger partial charge in [-0.25, -0.2) is 5.43 Å². The molecule has 118 valence electrons. The van der Waals surface area contributed by atoms with Gasteiger partial charge in [-0.3, -0.25) is 4.79 Å². The van der Waals surface area contributed by atoms with E-state index in [-0.39, 0.29) is 5.91 Å². The van der Waals surface area contributed by atoms with Gasteiger partial charge in [-0.15, -0.1) is 11.3 Å². The third-order valence-corrected chi connectivity index (χ3v) is 5.02. The lowest BCUT2D eigenvalue weighted by Gasteiger charge is -2.02. The van der Waals surface area contributed by atoms with Crippen LogP contribution in [-0.2, 0) is 4.79 Å². The number of amides is 1. The van der Waals surface area contributed by atoms with Crippen molar-refractivity contribution in [3.05, 3.63) is 20.8 Å². The summed E-state index contributed by atoms with van der Waals surface area (Å²) in [6, 6.07) is 3.98. The lowest BCUT2D eigenvalue weighted by Crippen LogP contribution is -2.18. The van der Waals surface area contributed by atoms with Crippen molar-refractivity contribution in [2.45, 2.75) is 65.2 Å². The molecule has 0 aliphatic rings. The number of carbonyl (C=O) groups is 1. The zero-order valence-corrected chi connectivity index (χ0v) is 15.4. The third kappa shape index (κ3) is 8.37. The van der Waals surface area contributed by atoms with E-state index in [0.717, 1.165) is 27.2 Å². The first-order chi connectivity index (χ1) is 10.1. The SMILES string of the molecule is CCCCCCCCCC(=O)NN=C(C)c1ccc(Br)s1. The number of carbonyl (C=O) groups excluding carboxylic acids is 1. The molecule has 0 unspecified atom stereocenters. The molecule has 0 saturated heterocycles. The average molecular weight is 373 g/mol. The molecule has 3 nitrogen and oxygen atoms in total. The van der Waals surface area contributed by atoms with E-state index < -0.39 is 0 Å². The summed E-state index contributed by atoms with van der Waals surface area (Å²) in [6.07, 6.45) is 9.11. The first-order valence-electron chi connectivity index (χ1n) is 7.72. The van der Waals surface area contributed by atoms with Crippen LogP contribution in [0.3, 0.4) is 0 Å². The van der Waals surface area contributed by atoms with Crippen LogP contribution in [0.4, 0.5) is 0 Å². The molecule has 0 atom stereocenters. The number of hydrogen-bond donors (Lipinski definition) is 1. The fraction of sp³-hybridized carbons (Fsp3) is 0.625. The molecule has 0 bridgehead atoms. The molecular formula is C16H25BrN2OS. The monoisotopic (exact) mass is 372 g/mol. The minimum Gasteiger partial charge on any atom is -0.273 e. The fourth-order valence-corrected chi connectivity index (χ4v) is 3.34. The highest BCUT2D eigenvalue weighted by molar-refractivity contribution is 9.11. The topological polar surface area (TPSA) is 41.5 Å². The van der Waals surface area contributed by atoms with Gasteiger partial charge in [-0.05, 0) is 41.4 Å². The third-order valence-electron chi connectivity index (χ3n) is 3.29. The van der Waals surface area contributed by atoms with Gasteiger partial charge in [0.1, 0.15) is 0 Å². The van der Waals surface area contributed by atoms with Crippen LogP contribution >= 0.6 is 27.3 Å². The summed E-state index contributed by atoms with van der Waals surface area (Å²) in [6.45, 7) is 4.13. The molecule has 0 spiro atoms. The normalized spacial score (nSPS) is 11.7. The van der Waals surface area contributed by atoms with Crippen LogP contribution in [0.2, 0.25) is 0 Å². The second-order valence-corrected chi connectivity index (χ2v) is 7.67. The summed E-state index contributed by atoms with van der Waals surface area (Å²) in [5.41, 5.74) is 3.49. The summed E-state index contributed by atoms with van der Waals surface area (Å²) >= 11 is 5.03. The fourth-order valence-electron chi connectivity index (χ4n) is 2.01. The molecule has 1 amide bonds. The van der Waals surface area contributed by atoms with Crippen LogP contribution in [0.25, 0.3) is 0 Å². The highest BCUT2D eigenvalue weighted by atomic mass is 79.9. The Bertz CT molecular complexity index is 457. The Balaban J connectivity index is 2.13. The van der Waals surface area contributed by atoms with E-state index in [1.54, 1.807) is 11.3 Å². The van der Waals surface area contributed by atoms with Crippen LogP contribution in [-0.4, -0.2) is 11.6 Å². The minimum absolute atomic E-state index is 0.0125. The van der Waals surface area contributed by atoms with Crippen molar-refractivity contribution in [1.82, 2.24) is 5.43 Å². The van der Waals surface area contributed by atoms with Crippen molar-refractivity contribution in [1.29, 1.82) is 0 Å². The molecule has 5 heteroatoms. The summed E-state index contributed by atoms with van der Waals surface area (Å²) in [4.78, 5) is 12.8. The maximum atomic E-state index is 11.7. The number of nitrogens with zero attached hydrogens (tertiary/aromatic N) is 1. The number of nitrogens with one attached hydrogen (secondary N) is 1. The van der Waals surface area contributed by atoms with Gasteiger partial charge in [-0.1, -0.05) is 45.4 Å². The standard InChI is InChI=1S/C16H25BrN2OS/c1-3-4-5-6-7-8-9-10-16(20)19-18-13(2)14-11-12-15(17)21-14/h11-12H,3-10H2,1-2H3,(H,19,20). The Kier molecular flexibility index (Phi) is 9.59.